The molecule has 3 fully saturated rings. The summed E-state index contributed by atoms with van der Waals surface area (Å²) in [5, 5.41) is 1.02. The Balaban J connectivity index is 1.25. The molecule has 4 aromatic carbocycles. The lowest BCUT2D eigenvalue weighted by Crippen LogP contribution is -2.43. The van der Waals surface area contributed by atoms with Crippen LogP contribution in [0.15, 0.2) is 83.9 Å². The summed E-state index contributed by atoms with van der Waals surface area (Å²) in [6.45, 7) is 16.0. The quantitative estimate of drug-likeness (QED) is 0.0586. The molecule has 6 heterocycles. The first-order valence-electron chi connectivity index (χ1n) is 24.7. The van der Waals surface area contributed by atoms with E-state index in [9.17, 15) is 4.39 Å². The van der Waals surface area contributed by atoms with E-state index in [0.29, 0.717) is 79.2 Å². The number of aromatic nitrogens is 3. The fourth-order valence-electron chi connectivity index (χ4n) is 12.2. The summed E-state index contributed by atoms with van der Waals surface area (Å²) in [4.78, 5) is 24.7. The molecule has 0 bridgehead atoms. The van der Waals surface area contributed by atoms with Crippen molar-refractivity contribution in [3.8, 4) is 28.7 Å². The molecule has 10 rings (SSSR count). The molecule has 0 N–H and O–H groups in total. The zero-order chi connectivity index (χ0) is 48.2. The summed E-state index contributed by atoms with van der Waals surface area (Å²) < 4.78 is 79.0. The number of rotatable bonds is 10. The average Bonchev–Trinajstić information content (AvgIpc) is 3.69. The largest absolute Gasteiger partial charge is 0.461 e. The maximum absolute atomic E-state index is 18.4. The van der Waals surface area contributed by atoms with Crippen molar-refractivity contribution in [1.29, 1.82) is 0 Å². The third-order valence-electron chi connectivity index (χ3n) is 15.5. The first kappa shape index (κ1) is 47.0. The van der Waals surface area contributed by atoms with Crippen LogP contribution in [-0.2, 0) is 11.2 Å². The predicted molar refractivity (Wildman–Crippen MR) is 270 cm³/mol. The van der Waals surface area contributed by atoms with Gasteiger partial charge in [-0.25, -0.2) is 27.5 Å². The Kier molecular flexibility index (Phi) is 12.9. The lowest BCUT2D eigenvalue weighted by Gasteiger charge is -2.38. The minimum atomic E-state index is -2.50. The monoisotopic (exact) mass is 952 g/mol. The van der Waals surface area contributed by atoms with E-state index in [2.05, 4.69) is 62.8 Å². The Labute approximate surface area is 403 Å². The van der Waals surface area contributed by atoms with Gasteiger partial charge in [0.15, 0.2) is 17.5 Å². The van der Waals surface area contributed by atoms with Crippen LogP contribution in [-0.4, -0.2) is 90.8 Å². The van der Waals surface area contributed by atoms with Gasteiger partial charge in [0.25, 0.3) is 0 Å². The third-order valence-corrected chi connectivity index (χ3v) is 21.7. The number of hydrogen-bond acceptors (Lipinski definition) is 8. The lowest BCUT2D eigenvalue weighted by atomic mass is 9.94. The molecule has 0 unspecified atom stereocenters. The summed E-state index contributed by atoms with van der Waals surface area (Å²) in [6, 6.07) is 24.0. The normalized spacial score (nSPS) is 20.5. The van der Waals surface area contributed by atoms with Gasteiger partial charge in [0, 0.05) is 48.2 Å². The number of fused-ring (bicyclic) bond motifs is 4. The second-order valence-electron chi connectivity index (χ2n) is 20.4. The molecule has 8 nitrogen and oxygen atoms in total. The van der Waals surface area contributed by atoms with Crippen molar-refractivity contribution in [2.75, 3.05) is 44.4 Å². The minimum Gasteiger partial charge on any atom is -0.461 e. The Morgan fingerprint density at radius 1 is 0.870 bits per heavy atom. The number of pyridine rings is 1. The molecular weight excluding hydrogens is 893 g/mol. The molecule has 0 saturated carbocycles. The fourth-order valence-corrected chi connectivity index (χ4v) is 17.4. The highest BCUT2D eigenvalue weighted by molar-refractivity contribution is 6.90. The standard InChI is InChI=1S/C56H60F4N6O2Si/c1-34(2)69(35(3)4,36(5)6)26-21-43-47-39(28-45(58)49(43)59)27-41(61-51(37-15-9-7-10-16-37)38-17-11-8-12-18-38)29-44(47)52-50(60)53-48-46(62-52)20-19-42-32-67-25-14-24-66(42)54(48)64-55(63-53)68-33-56-22-13-23-65(56)31-40(57)30-56/h7-12,15-18,27-29,34-36,40,42H,13-14,19-20,22-25,30-33H2,1-6H3/t40-,42+,56+/m1/s1. The number of aliphatic imine (C=N–C) groups is 1. The van der Waals surface area contributed by atoms with Crippen LogP contribution in [0.5, 0.6) is 6.01 Å². The first-order valence-corrected chi connectivity index (χ1v) is 27.0. The molecule has 6 aromatic rings. The highest BCUT2D eigenvalue weighted by atomic mass is 28.3. The van der Waals surface area contributed by atoms with E-state index in [1.807, 2.05) is 60.7 Å². The number of benzene rings is 4. The topological polar surface area (TPSA) is 76.0 Å². The molecule has 0 aliphatic carbocycles. The van der Waals surface area contributed by atoms with E-state index in [-0.39, 0.29) is 63.0 Å². The van der Waals surface area contributed by atoms with Crippen LogP contribution in [0.25, 0.3) is 32.9 Å². The maximum atomic E-state index is 18.4. The Morgan fingerprint density at radius 3 is 2.28 bits per heavy atom. The van der Waals surface area contributed by atoms with Crippen molar-refractivity contribution in [2.24, 2.45) is 4.99 Å². The van der Waals surface area contributed by atoms with Crippen molar-refractivity contribution in [3.05, 3.63) is 119 Å². The van der Waals surface area contributed by atoms with Gasteiger partial charge in [-0.2, -0.15) is 9.97 Å². The van der Waals surface area contributed by atoms with Crippen molar-refractivity contribution in [1.82, 2.24) is 19.9 Å². The minimum absolute atomic E-state index is 0.00811. The van der Waals surface area contributed by atoms with Gasteiger partial charge in [0.1, 0.15) is 37.9 Å². The molecule has 4 aliphatic rings. The predicted octanol–water partition coefficient (Wildman–Crippen LogP) is 12.5. The summed E-state index contributed by atoms with van der Waals surface area (Å²) in [5.74, 6) is 0.837. The third kappa shape index (κ3) is 8.50. The van der Waals surface area contributed by atoms with Crippen LogP contribution in [0.1, 0.15) is 96.0 Å². The van der Waals surface area contributed by atoms with Gasteiger partial charge in [0.05, 0.1) is 46.2 Å². The summed E-state index contributed by atoms with van der Waals surface area (Å²) in [5.41, 5.74) is 7.02. The van der Waals surface area contributed by atoms with Gasteiger partial charge in [-0.05, 0) is 78.9 Å². The Bertz CT molecular complexity index is 2950. The van der Waals surface area contributed by atoms with E-state index < -0.39 is 37.2 Å². The molecule has 0 amide bonds. The average molecular weight is 953 g/mol. The van der Waals surface area contributed by atoms with Crippen LogP contribution in [0.4, 0.5) is 29.1 Å². The zero-order valence-corrected chi connectivity index (χ0v) is 41.4. The summed E-state index contributed by atoms with van der Waals surface area (Å²) >= 11 is 0. The number of anilines is 1. The summed E-state index contributed by atoms with van der Waals surface area (Å²) in [6.07, 6.45) is 2.94. The van der Waals surface area contributed by atoms with Crippen molar-refractivity contribution in [3.63, 3.8) is 0 Å². The van der Waals surface area contributed by atoms with Gasteiger partial charge >= 0.3 is 6.01 Å². The fraction of sp³-hybridized carbons (Fsp3) is 0.429. The SMILES string of the molecule is CC(C)[Si](C#Cc1c(F)c(F)cc2cc(N=C(c3ccccc3)c3ccccc3)cc(-c3nc4c5c(nc(OC[C@@]67CCCN6C[C@H](F)C7)nc5c3F)N3CCCOC[C@@H]3CC4)c12)(C(C)C)C(C)C. The maximum Gasteiger partial charge on any atom is 0.319 e. The smallest absolute Gasteiger partial charge is 0.319 e. The van der Waals surface area contributed by atoms with E-state index in [1.54, 1.807) is 12.1 Å². The summed E-state index contributed by atoms with van der Waals surface area (Å²) in [7, 11) is -2.50. The number of halogens is 4. The van der Waals surface area contributed by atoms with E-state index in [4.69, 9.17) is 29.4 Å². The highest BCUT2D eigenvalue weighted by Gasteiger charge is 2.49. The molecule has 0 radical (unpaired) electrons. The molecule has 4 aliphatic heterocycles. The Morgan fingerprint density at radius 2 is 1.58 bits per heavy atom. The van der Waals surface area contributed by atoms with Gasteiger partial charge in [-0.15, -0.1) is 5.54 Å². The van der Waals surface area contributed by atoms with Gasteiger partial charge in [-0.1, -0.05) is 108 Å². The van der Waals surface area contributed by atoms with Crippen LogP contribution >= 0.6 is 0 Å². The molecule has 2 aromatic heterocycles. The Hall–Kier alpha value is -5.68. The number of nitrogens with zero attached hydrogens (tertiary/aromatic N) is 6. The van der Waals surface area contributed by atoms with Crippen LogP contribution < -0.4 is 9.64 Å². The molecule has 13 heteroatoms. The van der Waals surface area contributed by atoms with Gasteiger partial charge in [-0.3, -0.25) is 4.90 Å². The van der Waals surface area contributed by atoms with Crippen LogP contribution in [0, 0.1) is 28.9 Å². The van der Waals surface area contributed by atoms with Gasteiger partial charge < -0.3 is 14.4 Å². The molecular formula is C56H60F4N6O2Si. The molecule has 3 saturated heterocycles. The second kappa shape index (κ2) is 18.9. The number of ether oxygens (including phenoxy) is 2. The van der Waals surface area contributed by atoms with E-state index in [0.717, 1.165) is 43.0 Å². The van der Waals surface area contributed by atoms with E-state index >= 15 is 13.2 Å². The molecule has 0 spiro atoms. The van der Waals surface area contributed by atoms with Crippen molar-refractivity contribution >= 4 is 47.0 Å². The number of hydrogen-bond donors (Lipinski definition) is 0. The van der Waals surface area contributed by atoms with E-state index in [1.165, 1.54) is 0 Å². The second-order valence-corrected chi connectivity index (χ2v) is 26.0. The first-order chi connectivity index (χ1) is 33.3. The lowest BCUT2D eigenvalue weighted by molar-refractivity contribution is 0.107. The van der Waals surface area contributed by atoms with Gasteiger partial charge in [0.2, 0.25) is 0 Å². The molecule has 358 valence electrons. The number of aryl methyl sites for hydroxylation is 1. The van der Waals surface area contributed by atoms with Crippen molar-refractivity contribution < 1.29 is 27.0 Å². The zero-order valence-electron chi connectivity index (χ0n) is 40.4. The number of alkyl halides is 1. The van der Waals surface area contributed by atoms with Crippen LogP contribution in [0.3, 0.4) is 0 Å². The van der Waals surface area contributed by atoms with Crippen molar-refractivity contribution in [2.45, 2.75) is 114 Å². The highest BCUT2D eigenvalue weighted by Crippen LogP contribution is 2.45. The van der Waals surface area contributed by atoms with Crippen LogP contribution in [0.2, 0.25) is 16.6 Å². The molecule has 69 heavy (non-hydrogen) atoms. The molecule has 3 atom stereocenters.